The van der Waals surface area contributed by atoms with Crippen LogP contribution in [0.3, 0.4) is 0 Å². The Bertz CT molecular complexity index is 733. The average Bonchev–Trinajstić information content (AvgIpc) is 3.16. The molecule has 0 spiro atoms. The molecule has 6 nitrogen and oxygen atoms in total. The van der Waals surface area contributed by atoms with Gasteiger partial charge < -0.3 is 10.1 Å². The number of benzene rings is 1. The van der Waals surface area contributed by atoms with Crippen LogP contribution in [0.1, 0.15) is 34.3 Å². The standard InChI is InChI=1S/C14H12F4N4O2/c15-10-7(2-1-3-8(10)14(16,17)18)13(23)21-9-4-5-24-11(9)12-19-6-20-22-12/h1-3,6,9,11H,4-5H2,(H,21,23)(H,19,20,22)/t9-,11+/m0/s1. The van der Waals surface area contributed by atoms with Crippen LogP contribution in [0.2, 0.25) is 0 Å². The fourth-order valence-corrected chi connectivity index (χ4v) is 2.53. The van der Waals surface area contributed by atoms with E-state index < -0.39 is 41.2 Å². The van der Waals surface area contributed by atoms with E-state index in [1.165, 1.54) is 6.33 Å². The van der Waals surface area contributed by atoms with Crippen LogP contribution in [0, 0.1) is 5.82 Å². The highest BCUT2D eigenvalue weighted by Gasteiger charge is 2.37. The number of amides is 1. The molecule has 0 saturated carbocycles. The molecule has 1 aliphatic rings. The molecule has 2 heterocycles. The molecular formula is C14H12F4N4O2. The lowest BCUT2D eigenvalue weighted by molar-refractivity contribution is -0.140. The van der Waals surface area contributed by atoms with Crippen LogP contribution in [-0.4, -0.2) is 33.7 Å². The van der Waals surface area contributed by atoms with E-state index in [-0.39, 0.29) is 0 Å². The van der Waals surface area contributed by atoms with Gasteiger partial charge in [0.25, 0.3) is 5.91 Å². The van der Waals surface area contributed by atoms with Crippen molar-refractivity contribution in [2.24, 2.45) is 0 Å². The van der Waals surface area contributed by atoms with Gasteiger partial charge in [0.1, 0.15) is 18.2 Å². The number of carbonyl (C=O) groups is 1. The Hall–Kier alpha value is -2.49. The Kier molecular flexibility index (Phi) is 4.22. The van der Waals surface area contributed by atoms with Crippen LogP contribution in [-0.2, 0) is 10.9 Å². The third-order valence-corrected chi connectivity index (χ3v) is 3.66. The summed E-state index contributed by atoms with van der Waals surface area (Å²) in [6, 6.07) is 2.01. The predicted octanol–water partition coefficient (Wildman–Crippen LogP) is 2.22. The van der Waals surface area contributed by atoms with Gasteiger partial charge in [-0.25, -0.2) is 9.37 Å². The molecular weight excluding hydrogens is 332 g/mol. The molecule has 1 aromatic carbocycles. The predicted molar refractivity (Wildman–Crippen MR) is 72.3 cm³/mol. The summed E-state index contributed by atoms with van der Waals surface area (Å²) in [5.74, 6) is -2.17. The number of alkyl halides is 3. The number of nitrogens with zero attached hydrogens (tertiary/aromatic N) is 2. The minimum Gasteiger partial charge on any atom is -0.368 e. The number of aromatic amines is 1. The summed E-state index contributed by atoms with van der Waals surface area (Å²) in [6.07, 6.45) is -3.82. The van der Waals surface area contributed by atoms with E-state index in [9.17, 15) is 22.4 Å². The van der Waals surface area contributed by atoms with Crippen molar-refractivity contribution < 1.29 is 27.1 Å². The third kappa shape index (κ3) is 3.09. The minimum absolute atomic E-state index is 0.321. The molecule has 2 atom stereocenters. The van der Waals surface area contributed by atoms with Gasteiger partial charge in [0, 0.05) is 6.61 Å². The lowest BCUT2D eigenvalue weighted by Crippen LogP contribution is -2.37. The largest absolute Gasteiger partial charge is 0.419 e. The lowest BCUT2D eigenvalue weighted by atomic mass is 10.1. The number of nitrogens with one attached hydrogen (secondary N) is 2. The highest BCUT2D eigenvalue weighted by Crippen LogP contribution is 2.33. The number of rotatable bonds is 3. The molecule has 1 amide bonds. The molecule has 0 aliphatic carbocycles. The normalized spacial score (nSPS) is 21.0. The molecule has 10 heteroatoms. The van der Waals surface area contributed by atoms with Crippen LogP contribution in [0.15, 0.2) is 24.5 Å². The number of halogens is 4. The summed E-state index contributed by atoms with van der Waals surface area (Å²) >= 11 is 0. The second-order valence-corrected chi connectivity index (χ2v) is 5.20. The van der Waals surface area contributed by atoms with Crippen LogP contribution >= 0.6 is 0 Å². The topological polar surface area (TPSA) is 79.9 Å². The van der Waals surface area contributed by atoms with Gasteiger partial charge in [-0.1, -0.05) is 6.07 Å². The maximum atomic E-state index is 14.0. The third-order valence-electron chi connectivity index (χ3n) is 3.66. The number of H-pyrrole nitrogens is 1. The Morgan fingerprint density at radius 2 is 2.17 bits per heavy atom. The summed E-state index contributed by atoms with van der Waals surface area (Å²) in [4.78, 5) is 16.1. The van der Waals surface area contributed by atoms with Crippen LogP contribution in [0.5, 0.6) is 0 Å². The van der Waals surface area contributed by atoms with E-state index in [0.29, 0.717) is 24.9 Å². The molecule has 0 bridgehead atoms. The first-order valence-corrected chi connectivity index (χ1v) is 7.01. The van der Waals surface area contributed by atoms with Crippen molar-refractivity contribution in [1.82, 2.24) is 20.5 Å². The van der Waals surface area contributed by atoms with Crippen molar-refractivity contribution in [3.63, 3.8) is 0 Å². The van der Waals surface area contributed by atoms with Gasteiger partial charge in [-0.3, -0.25) is 9.89 Å². The number of ether oxygens (including phenoxy) is 1. The van der Waals surface area contributed by atoms with Crippen LogP contribution < -0.4 is 5.32 Å². The summed E-state index contributed by atoms with van der Waals surface area (Å²) in [6.45, 7) is 0.321. The molecule has 1 aromatic heterocycles. The molecule has 1 aliphatic heterocycles. The highest BCUT2D eigenvalue weighted by molar-refractivity contribution is 5.95. The summed E-state index contributed by atoms with van der Waals surface area (Å²) in [7, 11) is 0. The Morgan fingerprint density at radius 1 is 1.38 bits per heavy atom. The number of hydrogen-bond donors (Lipinski definition) is 2. The maximum absolute atomic E-state index is 14.0. The molecule has 1 saturated heterocycles. The van der Waals surface area contributed by atoms with Gasteiger partial charge >= 0.3 is 6.18 Å². The molecule has 0 radical (unpaired) electrons. The zero-order valence-electron chi connectivity index (χ0n) is 12.1. The van der Waals surface area contributed by atoms with Crippen molar-refractivity contribution in [3.05, 3.63) is 47.3 Å². The molecule has 128 valence electrons. The van der Waals surface area contributed by atoms with E-state index in [1.54, 1.807) is 0 Å². The first-order valence-electron chi connectivity index (χ1n) is 7.01. The maximum Gasteiger partial charge on any atom is 0.419 e. The van der Waals surface area contributed by atoms with E-state index in [1.807, 2.05) is 0 Å². The first kappa shape index (κ1) is 16.4. The summed E-state index contributed by atoms with van der Waals surface area (Å²) < 4.78 is 57.7. The average molecular weight is 344 g/mol. The monoisotopic (exact) mass is 344 g/mol. The summed E-state index contributed by atoms with van der Waals surface area (Å²) in [5.41, 5.74) is -2.15. The van der Waals surface area contributed by atoms with Gasteiger partial charge in [-0.15, -0.1) is 0 Å². The van der Waals surface area contributed by atoms with Crippen molar-refractivity contribution in [3.8, 4) is 0 Å². The van der Waals surface area contributed by atoms with E-state index >= 15 is 0 Å². The quantitative estimate of drug-likeness (QED) is 0.837. The van der Waals surface area contributed by atoms with Gasteiger partial charge in [0.2, 0.25) is 0 Å². The SMILES string of the molecule is O=C(N[C@H]1CCO[C@H]1c1ncn[nH]1)c1cccc(C(F)(F)F)c1F. The van der Waals surface area contributed by atoms with Gasteiger partial charge in [0.05, 0.1) is 17.2 Å². The Morgan fingerprint density at radius 3 is 2.83 bits per heavy atom. The Balaban J connectivity index is 1.80. The van der Waals surface area contributed by atoms with Gasteiger partial charge in [0.15, 0.2) is 5.82 Å². The minimum atomic E-state index is -4.88. The van der Waals surface area contributed by atoms with Crippen molar-refractivity contribution in [2.75, 3.05) is 6.61 Å². The van der Waals surface area contributed by atoms with Crippen molar-refractivity contribution in [1.29, 1.82) is 0 Å². The number of hydrogen-bond acceptors (Lipinski definition) is 4. The lowest BCUT2D eigenvalue weighted by Gasteiger charge is -2.18. The molecule has 2 aromatic rings. The molecule has 0 unspecified atom stereocenters. The first-order chi connectivity index (χ1) is 11.4. The molecule has 24 heavy (non-hydrogen) atoms. The molecule has 1 fully saturated rings. The van der Waals surface area contributed by atoms with E-state index in [4.69, 9.17) is 4.74 Å². The smallest absolute Gasteiger partial charge is 0.368 e. The number of aromatic nitrogens is 3. The van der Waals surface area contributed by atoms with Crippen molar-refractivity contribution in [2.45, 2.75) is 24.7 Å². The zero-order valence-corrected chi connectivity index (χ0v) is 12.1. The van der Waals surface area contributed by atoms with E-state index in [0.717, 1.165) is 12.1 Å². The molecule has 3 rings (SSSR count). The zero-order chi connectivity index (χ0) is 17.3. The fraction of sp³-hybridized carbons (Fsp3) is 0.357. The van der Waals surface area contributed by atoms with Crippen LogP contribution in [0.25, 0.3) is 0 Å². The Labute approximate surface area is 133 Å². The van der Waals surface area contributed by atoms with Crippen molar-refractivity contribution >= 4 is 5.91 Å². The highest BCUT2D eigenvalue weighted by atomic mass is 19.4. The number of carbonyl (C=O) groups excluding carboxylic acids is 1. The molecule has 2 N–H and O–H groups in total. The van der Waals surface area contributed by atoms with Gasteiger partial charge in [-0.05, 0) is 18.6 Å². The fourth-order valence-electron chi connectivity index (χ4n) is 2.53. The summed E-state index contributed by atoms with van der Waals surface area (Å²) in [5, 5.41) is 8.77. The second-order valence-electron chi connectivity index (χ2n) is 5.20. The van der Waals surface area contributed by atoms with Crippen LogP contribution in [0.4, 0.5) is 17.6 Å². The van der Waals surface area contributed by atoms with E-state index in [2.05, 4.69) is 20.5 Å². The second kappa shape index (κ2) is 6.19. The van der Waals surface area contributed by atoms with Gasteiger partial charge in [-0.2, -0.15) is 18.3 Å².